The Hall–Kier alpha value is -1.32. The average Bonchev–Trinajstić information content (AvgIpc) is 2.80. The Labute approximate surface area is 121 Å². The van der Waals surface area contributed by atoms with Crippen molar-refractivity contribution in [3.05, 3.63) is 36.0 Å². The number of fused-ring (bicyclic) bond motifs is 1. The van der Waals surface area contributed by atoms with Gasteiger partial charge in [0.15, 0.2) is 0 Å². The molecule has 1 atom stereocenters. The number of benzene rings is 1. The highest BCUT2D eigenvalue weighted by Gasteiger charge is 2.04. The number of hydrogen-bond donors (Lipinski definition) is 1. The summed E-state index contributed by atoms with van der Waals surface area (Å²) < 4.78 is 7.92. The number of unbranched alkanes of at least 4 members (excludes halogenated alkanes) is 1. The van der Waals surface area contributed by atoms with E-state index in [1.54, 1.807) is 0 Å². The molecule has 1 heterocycles. The van der Waals surface area contributed by atoms with Crippen LogP contribution in [-0.4, -0.2) is 23.8 Å². The third-order valence-corrected chi connectivity index (χ3v) is 3.51. The van der Waals surface area contributed by atoms with Gasteiger partial charge in [-0.2, -0.15) is 0 Å². The molecule has 110 valence electrons. The summed E-state index contributed by atoms with van der Waals surface area (Å²) in [5.74, 6) is 0. The first-order valence-electron chi connectivity index (χ1n) is 7.62. The van der Waals surface area contributed by atoms with Gasteiger partial charge >= 0.3 is 0 Å². The molecule has 3 heteroatoms. The Morgan fingerprint density at radius 2 is 2.10 bits per heavy atom. The second kappa shape index (κ2) is 7.46. The van der Waals surface area contributed by atoms with Gasteiger partial charge in [-0.05, 0) is 42.8 Å². The minimum atomic E-state index is 0.202. The summed E-state index contributed by atoms with van der Waals surface area (Å²) in [6.45, 7) is 6.79. The van der Waals surface area contributed by atoms with E-state index in [1.807, 2.05) is 6.92 Å². The first-order valence-corrected chi connectivity index (χ1v) is 7.62. The lowest BCUT2D eigenvalue weighted by atomic mass is 10.1. The molecule has 2 N–H and O–H groups in total. The highest BCUT2D eigenvalue weighted by molar-refractivity contribution is 5.80. The van der Waals surface area contributed by atoms with E-state index >= 15 is 0 Å². The van der Waals surface area contributed by atoms with Crippen molar-refractivity contribution in [2.24, 2.45) is 5.73 Å². The molecular formula is C17H26N2O. The molecule has 3 nitrogen and oxygen atoms in total. The van der Waals surface area contributed by atoms with E-state index in [9.17, 15) is 0 Å². The van der Waals surface area contributed by atoms with Crippen molar-refractivity contribution in [2.45, 2.75) is 45.7 Å². The average molecular weight is 274 g/mol. The standard InChI is InChI=1S/C17H26N2O/c1-3-4-10-20-11-9-19-8-7-16-6-5-15(12-14(2)18)13-17(16)19/h5-8,13-14H,3-4,9-12,18H2,1-2H3. The fourth-order valence-electron chi connectivity index (χ4n) is 2.43. The monoisotopic (exact) mass is 274 g/mol. The van der Waals surface area contributed by atoms with Crippen LogP contribution in [0.1, 0.15) is 32.3 Å². The van der Waals surface area contributed by atoms with Crippen LogP contribution in [0.15, 0.2) is 30.5 Å². The van der Waals surface area contributed by atoms with E-state index in [0.717, 1.165) is 32.6 Å². The molecular weight excluding hydrogens is 248 g/mol. The first-order chi connectivity index (χ1) is 9.70. The second-order valence-corrected chi connectivity index (χ2v) is 5.55. The molecule has 0 spiro atoms. The van der Waals surface area contributed by atoms with Crippen LogP contribution in [0.4, 0.5) is 0 Å². The highest BCUT2D eigenvalue weighted by atomic mass is 16.5. The van der Waals surface area contributed by atoms with Crippen LogP contribution in [0.2, 0.25) is 0 Å². The number of ether oxygens (including phenoxy) is 1. The molecule has 0 radical (unpaired) electrons. The summed E-state index contributed by atoms with van der Waals surface area (Å²) in [6.07, 6.45) is 5.40. The van der Waals surface area contributed by atoms with Crippen molar-refractivity contribution in [1.82, 2.24) is 4.57 Å². The van der Waals surface area contributed by atoms with Gasteiger partial charge in [0.05, 0.1) is 6.61 Å². The summed E-state index contributed by atoms with van der Waals surface area (Å²) >= 11 is 0. The number of nitrogens with two attached hydrogens (primary N) is 1. The van der Waals surface area contributed by atoms with Gasteiger partial charge in [0.2, 0.25) is 0 Å². The minimum absolute atomic E-state index is 0.202. The molecule has 1 aromatic heterocycles. The van der Waals surface area contributed by atoms with Crippen LogP contribution in [0.3, 0.4) is 0 Å². The van der Waals surface area contributed by atoms with E-state index in [1.165, 1.54) is 22.9 Å². The van der Waals surface area contributed by atoms with Crippen LogP contribution >= 0.6 is 0 Å². The zero-order valence-electron chi connectivity index (χ0n) is 12.6. The summed E-state index contributed by atoms with van der Waals surface area (Å²) in [6, 6.07) is 8.98. The summed E-state index contributed by atoms with van der Waals surface area (Å²) in [7, 11) is 0. The number of nitrogens with zero attached hydrogens (tertiary/aromatic N) is 1. The van der Waals surface area contributed by atoms with Gasteiger partial charge in [0.1, 0.15) is 0 Å². The highest BCUT2D eigenvalue weighted by Crippen LogP contribution is 2.18. The molecule has 1 aromatic carbocycles. The molecule has 0 aliphatic carbocycles. The number of aromatic nitrogens is 1. The molecule has 0 aliphatic rings. The second-order valence-electron chi connectivity index (χ2n) is 5.55. The third-order valence-electron chi connectivity index (χ3n) is 3.51. The van der Waals surface area contributed by atoms with Gasteiger partial charge in [-0.3, -0.25) is 0 Å². The molecule has 2 rings (SSSR count). The summed E-state index contributed by atoms with van der Waals surface area (Å²) in [5.41, 5.74) is 8.47. The van der Waals surface area contributed by atoms with Gasteiger partial charge in [-0.15, -0.1) is 0 Å². The van der Waals surface area contributed by atoms with E-state index in [4.69, 9.17) is 10.5 Å². The van der Waals surface area contributed by atoms with Crippen LogP contribution in [-0.2, 0) is 17.7 Å². The topological polar surface area (TPSA) is 40.2 Å². The zero-order valence-corrected chi connectivity index (χ0v) is 12.6. The molecule has 20 heavy (non-hydrogen) atoms. The molecule has 1 unspecified atom stereocenters. The van der Waals surface area contributed by atoms with Gasteiger partial charge in [0, 0.05) is 30.9 Å². The Kier molecular flexibility index (Phi) is 5.62. The first kappa shape index (κ1) is 15.1. The molecule has 0 bridgehead atoms. The fourth-order valence-corrected chi connectivity index (χ4v) is 2.43. The van der Waals surface area contributed by atoms with Crippen LogP contribution < -0.4 is 5.73 Å². The Morgan fingerprint density at radius 1 is 1.25 bits per heavy atom. The number of hydrogen-bond acceptors (Lipinski definition) is 2. The quantitative estimate of drug-likeness (QED) is 0.750. The van der Waals surface area contributed by atoms with Crippen molar-refractivity contribution in [1.29, 1.82) is 0 Å². The van der Waals surface area contributed by atoms with Gasteiger partial charge in [-0.25, -0.2) is 0 Å². The molecule has 0 amide bonds. The van der Waals surface area contributed by atoms with Crippen LogP contribution in [0.25, 0.3) is 10.9 Å². The molecule has 0 aliphatic heterocycles. The molecule has 2 aromatic rings. The van der Waals surface area contributed by atoms with Crippen molar-refractivity contribution in [3.8, 4) is 0 Å². The maximum atomic E-state index is 5.88. The van der Waals surface area contributed by atoms with Crippen LogP contribution in [0.5, 0.6) is 0 Å². The lowest BCUT2D eigenvalue weighted by Crippen LogP contribution is -2.17. The lowest BCUT2D eigenvalue weighted by Gasteiger charge is -2.09. The maximum absolute atomic E-state index is 5.88. The molecule has 0 saturated carbocycles. The van der Waals surface area contributed by atoms with Crippen molar-refractivity contribution >= 4 is 10.9 Å². The van der Waals surface area contributed by atoms with Crippen molar-refractivity contribution in [3.63, 3.8) is 0 Å². The largest absolute Gasteiger partial charge is 0.380 e. The minimum Gasteiger partial charge on any atom is -0.380 e. The summed E-state index contributed by atoms with van der Waals surface area (Å²) in [4.78, 5) is 0. The Bertz CT molecular complexity index is 531. The molecule has 0 fully saturated rings. The van der Waals surface area contributed by atoms with E-state index in [0.29, 0.717) is 0 Å². The number of rotatable bonds is 8. The van der Waals surface area contributed by atoms with E-state index in [-0.39, 0.29) is 6.04 Å². The predicted octanol–water partition coefficient (Wildman–Crippen LogP) is 3.35. The normalized spacial score (nSPS) is 12.9. The smallest absolute Gasteiger partial charge is 0.0645 e. The van der Waals surface area contributed by atoms with Crippen molar-refractivity contribution in [2.75, 3.05) is 13.2 Å². The van der Waals surface area contributed by atoms with Crippen molar-refractivity contribution < 1.29 is 4.74 Å². The van der Waals surface area contributed by atoms with Crippen LogP contribution in [0, 0.1) is 0 Å². The fraction of sp³-hybridized carbons (Fsp3) is 0.529. The Balaban J connectivity index is 2.01. The predicted molar refractivity (Wildman–Crippen MR) is 85.0 cm³/mol. The third kappa shape index (κ3) is 4.09. The summed E-state index contributed by atoms with van der Waals surface area (Å²) in [5, 5.41) is 1.28. The van der Waals surface area contributed by atoms with E-state index < -0.39 is 0 Å². The van der Waals surface area contributed by atoms with Gasteiger partial charge < -0.3 is 15.0 Å². The maximum Gasteiger partial charge on any atom is 0.0645 e. The zero-order chi connectivity index (χ0) is 14.4. The van der Waals surface area contributed by atoms with Gasteiger partial charge in [0.25, 0.3) is 0 Å². The van der Waals surface area contributed by atoms with E-state index in [2.05, 4.69) is 42.0 Å². The SMILES string of the molecule is CCCCOCCn1ccc2ccc(CC(C)N)cc21. The lowest BCUT2D eigenvalue weighted by molar-refractivity contribution is 0.124. The van der Waals surface area contributed by atoms with Gasteiger partial charge in [-0.1, -0.05) is 25.5 Å². The Morgan fingerprint density at radius 3 is 2.85 bits per heavy atom. The molecule has 0 saturated heterocycles.